The van der Waals surface area contributed by atoms with Gasteiger partial charge in [-0.1, -0.05) is 30.2 Å². The van der Waals surface area contributed by atoms with Crippen molar-refractivity contribution in [1.82, 2.24) is 4.90 Å². The van der Waals surface area contributed by atoms with Crippen molar-refractivity contribution in [3.63, 3.8) is 0 Å². The van der Waals surface area contributed by atoms with E-state index in [0.717, 1.165) is 24.5 Å². The molecule has 1 rings (SSSR count). The Labute approximate surface area is 139 Å². The summed E-state index contributed by atoms with van der Waals surface area (Å²) in [6.45, 7) is 12.6. The third-order valence-electron chi connectivity index (χ3n) is 3.16. The van der Waals surface area contributed by atoms with Crippen LogP contribution < -0.4 is 11.5 Å². The first-order chi connectivity index (χ1) is 10.9. The SMILES string of the molecule is C=C(C)/C=C\C(N)C(C#C[C@@H](C)N)=N/C(=C\C)N1CCOCC1. The van der Waals surface area contributed by atoms with Crippen molar-refractivity contribution in [2.75, 3.05) is 26.3 Å². The van der Waals surface area contributed by atoms with Crippen LogP contribution in [0.4, 0.5) is 0 Å². The van der Waals surface area contributed by atoms with Gasteiger partial charge in [-0.2, -0.15) is 0 Å². The Bertz CT molecular complexity index is 543. The van der Waals surface area contributed by atoms with Crippen LogP contribution in [0.25, 0.3) is 0 Å². The lowest BCUT2D eigenvalue weighted by atomic mass is 10.1. The van der Waals surface area contributed by atoms with Gasteiger partial charge >= 0.3 is 0 Å². The average molecular weight is 316 g/mol. The molecule has 0 bridgehead atoms. The third-order valence-corrected chi connectivity index (χ3v) is 3.16. The van der Waals surface area contributed by atoms with Crippen molar-refractivity contribution in [2.45, 2.75) is 32.9 Å². The van der Waals surface area contributed by atoms with Crippen LogP contribution in [0.3, 0.4) is 0 Å². The first kappa shape index (κ1) is 19.2. The summed E-state index contributed by atoms with van der Waals surface area (Å²) in [6.07, 6.45) is 5.69. The summed E-state index contributed by atoms with van der Waals surface area (Å²) in [5.74, 6) is 6.82. The van der Waals surface area contributed by atoms with Crippen LogP contribution in [0.5, 0.6) is 0 Å². The van der Waals surface area contributed by atoms with Gasteiger partial charge in [0.2, 0.25) is 0 Å². The summed E-state index contributed by atoms with van der Waals surface area (Å²) in [7, 11) is 0. The van der Waals surface area contributed by atoms with E-state index in [9.17, 15) is 0 Å². The van der Waals surface area contributed by atoms with E-state index in [1.807, 2.05) is 39.0 Å². The zero-order valence-corrected chi connectivity index (χ0v) is 14.4. The first-order valence-corrected chi connectivity index (χ1v) is 7.88. The van der Waals surface area contributed by atoms with Gasteiger partial charge < -0.3 is 21.1 Å². The van der Waals surface area contributed by atoms with Crippen molar-refractivity contribution in [1.29, 1.82) is 0 Å². The lowest BCUT2D eigenvalue weighted by molar-refractivity contribution is 0.0531. The Morgan fingerprint density at radius 3 is 2.52 bits per heavy atom. The molecular formula is C18H28N4O. The predicted molar refractivity (Wildman–Crippen MR) is 96.9 cm³/mol. The lowest BCUT2D eigenvalue weighted by Gasteiger charge is -2.29. The van der Waals surface area contributed by atoms with E-state index < -0.39 is 6.04 Å². The molecule has 0 amide bonds. The number of ether oxygens (including phenoxy) is 1. The average Bonchev–Trinajstić information content (AvgIpc) is 2.53. The highest BCUT2D eigenvalue weighted by Gasteiger charge is 2.14. The van der Waals surface area contributed by atoms with Crippen molar-refractivity contribution in [2.24, 2.45) is 16.5 Å². The van der Waals surface area contributed by atoms with Crippen LogP contribution in [0.1, 0.15) is 20.8 Å². The van der Waals surface area contributed by atoms with Crippen molar-refractivity contribution < 1.29 is 4.74 Å². The molecule has 1 heterocycles. The summed E-state index contributed by atoms with van der Waals surface area (Å²) in [5.41, 5.74) is 13.5. The molecule has 5 nitrogen and oxygen atoms in total. The van der Waals surface area contributed by atoms with E-state index in [1.165, 1.54) is 0 Å². The van der Waals surface area contributed by atoms with Gasteiger partial charge in [0.1, 0.15) is 11.5 Å². The maximum Gasteiger partial charge on any atom is 0.125 e. The highest BCUT2D eigenvalue weighted by atomic mass is 16.5. The van der Waals surface area contributed by atoms with Gasteiger partial charge in [0.25, 0.3) is 0 Å². The summed E-state index contributed by atoms with van der Waals surface area (Å²) in [6, 6.07) is -0.621. The molecule has 1 aliphatic heterocycles. The molecule has 0 aromatic heterocycles. The number of nitrogens with two attached hydrogens (primary N) is 2. The normalized spacial score (nSPS) is 19.3. The Balaban J connectivity index is 3.05. The van der Waals surface area contributed by atoms with Gasteiger partial charge in [0, 0.05) is 13.1 Å². The molecule has 4 N–H and O–H groups in total. The van der Waals surface area contributed by atoms with E-state index in [4.69, 9.17) is 16.2 Å². The topological polar surface area (TPSA) is 76.9 Å². The van der Waals surface area contributed by atoms with E-state index in [-0.39, 0.29) is 6.04 Å². The maximum atomic E-state index is 6.21. The Hall–Kier alpha value is -1.87. The Morgan fingerprint density at radius 2 is 2.00 bits per heavy atom. The minimum absolute atomic E-state index is 0.227. The van der Waals surface area contributed by atoms with Crippen molar-refractivity contribution in [3.8, 4) is 11.8 Å². The van der Waals surface area contributed by atoms with Crippen LogP contribution >= 0.6 is 0 Å². The number of nitrogens with zero attached hydrogens (tertiary/aromatic N) is 2. The van der Waals surface area contributed by atoms with Gasteiger partial charge in [-0.05, 0) is 32.8 Å². The van der Waals surface area contributed by atoms with Crippen LogP contribution in [0, 0.1) is 11.8 Å². The van der Waals surface area contributed by atoms with Gasteiger partial charge in [0.05, 0.1) is 25.3 Å². The molecule has 0 aliphatic carbocycles. The van der Waals surface area contributed by atoms with Crippen LogP contribution in [-0.2, 0) is 4.74 Å². The number of hydrogen-bond acceptors (Lipinski definition) is 5. The minimum atomic E-state index is -0.394. The van der Waals surface area contributed by atoms with Crippen LogP contribution in [-0.4, -0.2) is 49.0 Å². The quantitative estimate of drug-likeness (QED) is 0.457. The number of allylic oxidation sites excluding steroid dienone is 3. The second kappa shape index (κ2) is 10.0. The Kier molecular flexibility index (Phi) is 8.35. The fourth-order valence-corrected chi connectivity index (χ4v) is 1.97. The molecule has 1 unspecified atom stereocenters. The minimum Gasteiger partial charge on any atom is -0.378 e. The molecule has 23 heavy (non-hydrogen) atoms. The molecular weight excluding hydrogens is 288 g/mol. The van der Waals surface area contributed by atoms with Gasteiger partial charge in [-0.25, -0.2) is 4.99 Å². The van der Waals surface area contributed by atoms with Crippen molar-refractivity contribution in [3.05, 3.63) is 36.2 Å². The largest absolute Gasteiger partial charge is 0.378 e. The van der Waals surface area contributed by atoms with E-state index in [1.54, 1.807) is 0 Å². The molecule has 0 radical (unpaired) electrons. The molecule has 0 aromatic carbocycles. The van der Waals surface area contributed by atoms with Crippen LogP contribution in [0.15, 0.2) is 41.2 Å². The standard InChI is InChI=1S/C18H28N4O/c1-5-18(22-10-12-23-13-11-22)21-17(9-7-15(4)19)16(20)8-6-14(2)3/h5-6,8,15-16H,2,10-13,19-20H2,1,3-4H3/b8-6-,18-5+,21-17?/t15-,16?/m1/s1. The molecule has 5 heteroatoms. The van der Waals surface area contributed by atoms with Gasteiger partial charge in [-0.15, -0.1) is 0 Å². The smallest absolute Gasteiger partial charge is 0.125 e. The number of aliphatic imine (C=N–C) groups is 1. The Morgan fingerprint density at radius 1 is 1.35 bits per heavy atom. The molecule has 1 aliphatic rings. The summed E-state index contributed by atoms with van der Waals surface area (Å²) in [5, 5.41) is 0. The third kappa shape index (κ3) is 7.29. The van der Waals surface area contributed by atoms with Gasteiger partial charge in [-0.3, -0.25) is 0 Å². The van der Waals surface area contributed by atoms with E-state index >= 15 is 0 Å². The zero-order valence-electron chi connectivity index (χ0n) is 14.4. The summed E-state index contributed by atoms with van der Waals surface area (Å²) < 4.78 is 5.38. The molecule has 1 fully saturated rings. The molecule has 126 valence electrons. The van der Waals surface area contributed by atoms with Gasteiger partial charge in [0.15, 0.2) is 0 Å². The molecule has 1 saturated heterocycles. The molecule has 2 atom stereocenters. The molecule has 0 spiro atoms. The van der Waals surface area contributed by atoms with E-state index in [0.29, 0.717) is 18.9 Å². The lowest BCUT2D eigenvalue weighted by Crippen LogP contribution is -2.36. The second-order valence-corrected chi connectivity index (χ2v) is 5.53. The fraction of sp³-hybridized carbons (Fsp3) is 0.500. The van der Waals surface area contributed by atoms with Crippen molar-refractivity contribution >= 4 is 5.71 Å². The summed E-state index contributed by atoms with van der Waals surface area (Å²) in [4.78, 5) is 6.85. The zero-order chi connectivity index (χ0) is 17.2. The maximum absolute atomic E-state index is 6.21. The monoisotopic (exact) mass is 316 g/mol. The highest BCUT2D eigenvalue weighted by Crippen LogP contribution is 2.10. The first-order valence-electron chi connectivity index (χ1n) is 7.88. The summed E-state index contributed by atoms with van der Waals surface area (Å²) >= 11 is 0. The molecule has 0 saturated carbocycles. The predicted octanol–water partition coefficient (Wildman–Crippen LogP) is 1.43. The number of hydrogen-bond donors (Lipinski definition) is 2. The highest BCUT2D eigenvalue weighted by molar-refractivity contribution is 6.06. The number of rotatable bonds is 5. The van der Waals surface area contributed by atoms with E-state index in [2.05, 4.69) is 28.3 Å². The fourth-order valence-electron chi connectivity index (χ4n) is 1.97. The number of morpholine rings is 1. The molecule has 0 aromatic rings. The van der Waals surface area contributed by atoms with Crippen LogP contribution in [0.2, 0.25) is 0 Å². The second-order valence-electron chi connectivity index (χ2n) is 5.53.